The predicted octanol–water partition coefficient (Wildman–Crippen LogP) is 3.57. The van der Waals surface area contributed by atoms with Crippen LogP contribution in [0.1, 0.15) is 10.4 Å². The number of para-hydroxylation sites is 1. The van der Waals surface area contributed by atoms with Crippen molar-refractivity contribution < 1.29 is 4.79 Å². The molecule has 0 saturated heterocycles. The fourth-order valence-corrected chi connectivity index (χ4v) is 1.81. The second kappa shape index (κ2) is 6.16. The maximum Gasteiger partial charge on any atom is 0.260 e. The van der Waals surface area contributed by atoms with Crippen molar-refractivity contribution in [1.82, 2.24) is 4.98 Å². The molecule has 2 rings (SSSR count). The summed E-state index contributed by atoms with van der Waals surface area (Å²) in [6.45, 7) is 4.12. The van der Waals surface area contributed by atoms with E-state index < -0.39 is 0 Å². The summed E-state index contributed by atoms with van der Waals surface area (Å²) in [7, 11) is 0. The van der Waals surface area contributed by atoms with Crippen LogP contribution in [0.25, 0.3) is 0 Å². The van der Waals surface area contributed by atoms with E-state index in [2.05, 4.69) is 11.6 Å². The van der Waals surface area contributed by atoms with Gasteiger partial charge in [0.25, 0.3) is 5.91 Å². The zero-order chi connectivity index (χ0) is 13.7. The molecule has 0 N–H and O–H groups in total. The highest BCUT2D eigenvalue weighted by molar-refractivity contribution is 6.29. The summed E-state index contributed by atoms with van der Waals surface area (Å²) in [5.41, 5.74) is 1.32. The van der Waals surface area contributed by atoms with Crippen molar-refractivity contribution in [3.8, 4) is 0 Å². The Morgan fingerprint density at radius 3 is 2.58 bits per heavy atom. The zero-order valence-electron chi connectivity index (χ0n) is 10.3. The van der Waals surface area contributed by atoms with Crippen LogP contribution in [0, 0.1) is 0 Å². The summed E-state index contributed by atoms with van der Waals surface area (Å²) in [6.07, 6.45) is 3.16. The summed E-state index contributed by atoms with van der Waals surface area (Å²) in [5.74, 6) is -0.129. The number of nitrogens with zero attached hydrogens (tertiary/aromatic N) is 2. The minimum absolute atomic E-state index is 0.129. The van der Waals surface area contributed by atoms with Gasteiger partial charge in [0.1, 0.15) is 5.15 Å². The Morgan fingerprint density at radius 2 is 2.00 bits per heavy atom. The molecule has 0 saturated carbocycles. The minimum Gasteiger partial charge on any atom is -0.305 e. The lowest BCUT2D eigenvalue weighted by Gasteiger charge is -2.21. The number of carbonyl (C=O) groups excluding carboxylic acids is 1. The molecule has 0 unspecified atom stereocenters. The second-order valence-electron chi connectivity index (χ2n) is 3.91. The standard InChI is InChI=1S/C15H13ClN2O/c1-2-10-18(13-6-4-3-5-7-13)15(19)12-8-9-14(16)17-11-12/h2-9,11H,1,10H2. The Labute approximate surface area is 117 Å². The summed E-state index contributed by atoms with van der Waals surface area (Å²) in [6, 6.07) is 12.7. The van der Waals surface area contributed by atoms with Gasteiger partial charge in [-0.1, -0.05) is 35.9 Å². The molecule has 0 aliphatic heterocycles. The van der Waals surface area contributed by atoms with Crippen molar-refractivity contribution in [3.63, 3.8) is 0 Å². The third kappa shape index (κ3) is 3.20. The van der Waals surface area contributed by atoms with Crippen LogP contribution >= 0.6 is 11.6 Å². The van der Waals surface area contributed by atoms with Crippen LogP contribution in [0.4, 0.5) is 5.69 Å². The van der Waals surface area contributed by atoms with Crippen molar-refractivity contribution in [3.05, 3.63) is 72.0 Å². The smallest absolute Gasteiger partial charge is 0.260 e. The molecular weight excluding hydrogens is 260 g/mol. The number of hydrogen-bond acceptors (Lipinski definition) is 2. The molecule has 96 valence electrons. The number of hydrogen-bond donors (Lipinski definition) is 0. The molecule has 1 aromatic carbocycles. The first-order valence-corrected chi connectivity index (χ1v) is 6.19. The average molecular weight is 273 g/mol. The highest BCUT2D eigenvalue weighted by Gasteiger charge is 2.16. The lowest BCUT2D eigenvalue weighted by atomic mass is 10.2. The molecule has 0 fully saturated rings. The zero-order valence-corrected chi connectivity index (χ0v) is 11.0. The Hall–Kier alpha value is -2.13. The van der Waals surface area contributed by atoms with Crippen LogP contribution in [0.15, 0.2) is 61.3 Å². The van der Waals surface area contributed by atoms with E-state index in [1.807, 2.05) is 30.3 Å². The second-order valence-corrected chi connectivity index (χ2v) is 4.30. The van der Waals surface area contributed by atoms with Crippen molar-refractivity contribution >= 4 is 23.2 Å². The van der Waals surface area contributed by atoms with E-state index in [0.29, 0.717) is 17.3 Å². The molecule has 0 spiro atoms. The maximum absolute atomic E-state index is 12.4. The molecule has 0 radical (unpaired) electrons. The number of anilines is 1. The Bertz CT molecular complexity index is 566. The number of benzene rings is 1. The number of halogens is 1. The summed E-state index contributed by atoms with van der Waals surface area (Å²) < 4.78 is 0. The molecule has 2 aromatic rings. The first-order chi connectivity index (χ1) is 9.22. The Morgan fingerprint density at radius 1 is 1.26 bits per heavy atom. The molecule has 3 nitrogen and oxygen atoms in total. The third-order valence-corrected chi connectivity index (χ3v) is 2.82. The van der Waals surface area contributed by atoms with Gasteiger partial charge in [-0.25, -0.2) is 4.98 Å². The van der Waals surface area contributed by atoms with Crippen LogP contribution in [-0.2, 0) is 0 Å². The molecule has 1 amide bonds. The number of pyridine rings is 1. The molecule has 0 atom stereocenters. The van der Waals surface area contributed by atoms with E-state index in [1.165, 1.54) is 6.20 Å². The van der Waals surface area contributed by atoms with Crippen LogP contribution in [-0.4, -0.2) is 17.4 Å². The van der Waals surface area contributed by atoms with Crippen LogP contribution in [0.3, 0.4) is 0 Å². The van der Waals surface area contributed by atoms with Crippen molar-refractivity contribution in [1.29, 1.82) is 0 Å². The monoisotopic (exact) mass is 272 g/mol. The summed E-state index contributed by atoms with van der Waals surface area (Å²) in [5, 5.41) is 0.367. The van der Waals surface area contributed by atoms with Gasteiger partial charge in [0.15, 0.2) is 0 Å². The molecule has 19 heavy (non-hydrogen) atoms. The lowest BCUT2D eigenvalue weighted by Crippen LogP contribution is -2.31. The predicted molar refractivity (Wildman–Crippen MR) is 77.6 cm³/mol. The number of carbonyl (C=O) groups is 1. The summed E-state index contributed by atoms with van der Waals surface area (Å²) in [4.78, 5) is 18.0. The number of amides is 1. The van der Waals surface area contributed by atoms with Crippen molar-refractivity contribution in [2.75, 3.05) is 11.4 Å². The van der Waals surface area contributed by atoms with E-state index in [1.54, 1.807) is 23.1 Å². The Kier molecular flexibility index (Phi) is 4.31. The lowest BCUT2D eigenvalue weighted by molar-refractivity contribution is 0.0989. The molecule has 1 aromatic heterocycles. The van der Waals surface area contributed by atoms with Gasteiger partial charge >= 0.3 is 0 Å². The van der Waals surface area contributed by atoms with Crippen LogP contribution < -0.4 is 4.90 Å². The van der Waals surface area contributed by atoms with Gasteiger partial charge in [0.05, 0.1) is 5.56 Å². The highest BCUT2D eigenvalue weighted by Crippen LogP contribution is 2.17. The molecule has 4 heteroatoms. The quantitative estimate of drug-likeness (QED) is 0.630. The fourth-order valence-electron chi connectivity index (χ4n) is 1.70. The minimum atomic E-state index is -0.129. The third-order valence-electron chi connectivity index (χ3n) is 2.60. The van der Waals surface area contributed by atoms with E-state index in [9.17, 15) is 4.79 Å². The molecule has 0 aliphatic rings. The van der Waals surface area contributed by atoms with Gasteiger partial charge in [-0.05, 0) is 24.3 Å². The molecule has 0 bridgehead atoms. The highest BCUT2D eigenvalue weighted by atomic mass is 35.5. The first-order valence-electron chi connectivity index (χ1n) is 5.81. The van der Waals surface area contributed by atoms with Gasteiger partial charge in [-0.3, -0.25) is 4.79 Å². The van der Waals surface area contributed by atoms with Gasteiger partial charge in [-0.15, -0.1) is 6.58 Å². The van der Waals surface area contributed by atoms with Gasteiger partial charge in [0, 0.05) is 18.4 Å². The molecular formula is C15H13ClN2O. The normalized spacial score (nSPS) is 9.95. The van der Waals surface area contributed by atoms with Crippen LogP contribution in [0.2, 0.25) is 5.15 Å². The van der Waals surface area contributed by atoms with E-state index in [4.69, 9.17) is 11.6 Å². The SMILES string of the molecule is C=CCN(C(=O)c1ccc(Cl)nc1)c1ccccc1. The van der Waals surface area contributed by atoms with Crippen LogP contribution in [0.5, 0.6) is 0 Å². The van der Waals surface area contributed by atoms with Gasteiger partial charge in [0.2, 0.25) is 0 Å². The Balaban J connectivity index is 2.31. The molecule has 0 aliphatic carbocycles. The van der Waals surface area contributed by atoms with Gasteiger partial charge < -0.3 is 4.90 Å². The van der Waals surface area contributed by atoms with E-state index in [-0.39, 0.29) is 5.91 Å². The fraction of sp³-hybridized carbons (Fsp3) is 0.0667. The molecule has 1 heterocycles. The number of aromatic nitrogens is 1. The topological polar surface area (TPSA) is 33.2 Å². The first kappa shape index (κ1) is 13.3. The van der Waals surface area contributed by atoms with Gasteiger partial charge in [-0.2, -0.15) is 0 Å². The number of rotatable bonds is 4. The maximum atomic E-state index is 12.4. The largest absolute Gasteiger partial charge is 0.305 e. The van der Waals surface area contributed by atoms with Crippen molar-refractivity contribution in [2.24, 2.45) is 0 Å². The average Bonchev–Trinajstić information content (AvgIpc) is 2.46. The van der Waals surface area contributed by atoms with E-state index in [0.717, 1.165) is 5.69 Å². The van der Waals surface area contributed by atoms with Crippen molar-refractivity contribution in [2.45, 2.75) is 0 Å². The van der Waals surface area contributed by atoms with E-state index >= 15 is 0 Å². The summed E-state index contributed by atoms with van der Waals surface area (Å²) >= 11 is 5.72.